The molecule has 0 amide bonds. The van der Waals surface area contributed by atoms with Crippen molar-refractivity contribution in [2.45, 2.75) is 140 Å². The largest absolute Gasteiger partial charge is 0.479 e. The highest BCUT2D eigenvalue weighted by Gasteiger charge is 2.51. The monoisotopic (exact) mass is 598 g/mol. The minimum absolute atomic E-state index is 0.0485. The van der Waals surface area contributed by atoms with Gasteiger partial charge in [0, 0.05) is 8.22 Å². The van der Waals surface area contributed by atoms with E-state index in [-0.39, 0.29) is 23.7 Å². The maximum Gasteiger partial charge on any atom is 0.335 e. The van der Waals surface area contributed by atoms with Crippen LogP contribution in [-0.4, -0.2) is 85.1 Å². The van der Waals surface area contributed by atoms with Crippen molar-refractivity contribution >= 4 is 5.97 Å². The van der Waals surface area contributed by atoms with Crippen LogP contribution in [-0.2, 0) is 14.3 Å². The van der Waals surface area contributed by atoms with Gasteiger partial charge in [0.1, 0.15) is 18.3 Å². The third kappa shape index (κ3) is 7.04. The van der Waals surface area contributed by atoms with Gasteiger partial charge in [0.15, 0.2) is 12.4 Å². The summed E-state index contributed by atoms with van der Waals surface area (Å²) in [7, 11) is 0. The number of aliphatic hydroxyl groups is 5. The van der Waals surface area contributed by atoms with E-state index in [0.29, 0.717) is 31.6 Å². The van der Waals surface area contributed by atoms with Crippen LogP contribution in [0.3, 0.4) is 0 Å². The van der Waals surface area contributed by atoms with Crippen LogP contribution in [0.15, 0.2) is 35.5 Å². The molecule has 4 aliphatic rings. The van der Waals surface area contributed by atoms with Crippen LogP contribution in [0.25, 0.3) is 0 Å². The number of rotatable bonds is 9. The number of allylic oxidation sites excluding steroid dienone is 4. The van der Waals surface area contributed by atoms with E-state index in [2.05, 4.69) is 19.6 Å². The van der Waals surface area contributed by atoms with Gasteiger partial charge in [-0.25, -0.2) is 4.79 Å². The molecule has 9 nitrogen and oxygen atoms in total. The van der Waals surface area contributed by atoms with E-state index in [0.717, 1.165) is 43.3 Å². The summed E-state index contributed by atoms with van der Waals surface area (Å²) in [6, 6.07) is 0. The van der Waals surface area contributed by atoms with Crippen molar-refractivity contribution in [2.75, 3.05) is 0 Å². The molecule has 0 aromatic heterocycles. The van der Waals surface area contributed by atoms with Crippen LogP contribution in [0.1, 0.15) is 100.0 Å². The number of carbonyl (C=O) groups is 1. The molecule has 238 valence electrons. The van der Waals surface area contributed by atoms with Gasteiger partial charge in [-0.2, -0.15) is 0 Å². The molecule has 4 fully saturated rings. The van der Waals surface area contributed by atoms with Crippen molar-refractivity contribution in [3.8, 4) is 0 Å². The third-order valence-electron chi connectivity index (χ3n) is 10.4. The van der Waals surface area contributed by atoms with E-state index in [4.69, 9.17) is 17.7 Å². The lowest BCUT2D eigenvalue weighted by Gasteiger charge is -2.44. The normalized spacial score (nSPS) is 43.8. The Kier molecular flexibility index (Phi) is 8.07. The highest BCUT2D eigenvalue weighted by molar-refractivity contribution is 5.73. The Balaban J connectivity index is 1.43. The fraction of sp³-hybridized carbons (Fsp3) is 0.788. The predicted molar refractivity (Wildman–Crippen MR) is 157 cm³/mol. The first-order chi connectivity index (χ1) is 22.1. The van der Waals surface area contributed by atoms with Crippen molar-refractivity contribution in [3.05, 3.63) is 35.5 Å². The Hall–Kier alpha value is -1.59. The predicted octanol–water partition coefficient (Wildman–Crippen LogP) is 3.62. The number of aliphatic hydroxyl groups excluding tert-OH is 4. The molecule has 1 saturated heterocycles. The van der Waals surface area contributed by atoms with Gasteiger partial charge in [-0.3, -0.25) is 0 Å². The molecule has 42 heavy (non-hydrogen) atoms. The first kappa shape index (κ1) is 25.7. The van der Waals surface area contributed by atoms with E-state index in [1.807, 2.05) is 13.0 Å². The maximum atomic E-state index is 11.5. The van der Waals surface area contributed by atoms with Gasteiger partial charge in [0.2, 0.25) is 0 Å². The maximum absolute atomic E-state index is 11.5. The van der Waals surface area contributed by atoms with Crippen LogP contribution < -0.4 is 0 Å². The summed E-state index contributed by atoms with van der Waals surface area (Å²) in [6.07, 6.45) is 0.158. The Morgan fingerprint density at radius 3 is 2.60 bits per heavy atom. The second-order valence-electron chi connectivity index (χ2n) is 13.2. The van der Waals surface area contributed by atoms with Gasteiger partial charge < -0.3 is 40.1 Å². The summed E-state index contributed by atoms with van der Waals surface area (Å²) in [6.45, 7) is 1.98. The number of aliphatic carboxylic acids is 1. The highest BCUT2D eigenvalue weighted by atomic mass is 16.7. The number of hydrogen-bond acceptors (Lipinski definition) is 8. The molecule has 9 heteroatoms. The second kappa shape index (κ2) is 13.2. The number of carboxylic acids is 1. The molecule has 0 spiro atoms. The molecule has 0 aromatic rings. The minimum Gasteiger partial charge on any atom is -0.479 e. The van der Waals surface area contributed by atoms with Crippen LogP contribution in [0.4, 0.5) is 0 Å². The SMILES string of the molecule is [2H]C([2H])([2H])C(O)([C@H](O)CC[C@@H](C)[C@H]1CC[C@H]2/C(=C/C=C3/C[C@@H](O[C@@H]4O[C@H](C(=O)O)[C@@H](O)[C@H](O)[C@H]4O)CCC3=C)CCC[C@]12C)C([2H])([2H])[2H]. The van der Waals surface area contributed by atoms with Crippen LogP contribution in [0.2, 0.25) is 0 Å². The van der Waals surface area contributed by atoms with Crippen LogP contribution in [0.5, 0.6) is 0 Å². The zero-order chi connectivity index (χ0) is 36.0. The van der Waals surface area contributed by atoms with Gasteiger partial charge in [-0.05, 0) is 107 Å². The third-order valence-corrected chi connectivity index (χ3v) is 10.4. The fourth-order valence-corrected chi connectivity index (χ4v) is 7.90. The summed E-state index contributed by atoms with van der Waals surface area (Å²) in [4.78, 5) is 11.5. The molecule has 1 heterocycles. The molecule has 0 bridgehead atoms. The molecule has 0 unspecified atom stereocenters. The van der Waals surface area contributed by atoms with Crippen molar-refractivity contribution in [2.24, 2.45) is 23.2 Å². The lowest BCUT2D eigenvalue weighted by atomic mass is 9.60. The van der Waals surface area contributed by atoms with Crippen LogP contribution >= 0.6 is 0 Å². The van der Waals surface area contributed by atoms with Crippen molar-refractivity contribution in [3.63, 3.8) is 0 Å². The molecule has 11 atom stereocenters. The first-order valence-electron chi connectivity index (χ1n) is 18.2. The molecule has 3 aliphatic carbocycles. The van der Waals surface area contributed by atoms with E-state index in [1.165, 1.54) is 5.57 Å². The first-order valence-corrected chi connectivity index (χ1v) is 15.2. The van der Waals surface area contributed by atoms with Crippen molar-refractivity contribution < 1.29 is 53.1 Å². The van der Waals surface area contributed by atoms with Gasteiger partial charge in [-0.15, -0.1) is 0 Å². The average Bonchev–Trinajstić information content (AvgIpc) is 3.35. The Morgan fingerprint density at radius 2 is 1.90 bits per heavy atom. The highest BCUT2D eigenvalue weighted by Crippen LogP contribution is 2.60. The lowest BCUT2D eigenvalue weighted by molar-refractivity contribution is -0.304. The average molecular weight is 599 g/mol. The van der Waals surface area contributed by atoms with Gasteiger partial charge in [0.05, 0.1) is 17.8 Å². The van der Waals surface area contributed by atoms with E-state index < -0.39 is 68.2 Å². The summed E-state index contributed by atoms with van der Waals surface area (Å²) < 4.78 is 57.0. The standard InChI is InChI=1S/C33H52O9/c1-18-8-12-22(41-31-28(37)26(35)27(36)29(42-31)30(38)39)17-21(18)11-10-20-7-6-16-33(5)23(13-14-24(20)33)19(2)9-15-25(34)32(3,4)40/h10-11,19,22-29,31,34-37,40H,1,6-9,12-17H2,2-5H3,(H,38,39)/b20-10+,21-11-/t19-,22+,23-,24+,25-,26+,27+,28-,29+,31-,33-/m1/s1/i3D3,4D3. The summed E-state index contributed by atoms with van der Waals surface area (Å²) in [5, 5.41) is 61.3. The zero-order valence-corrected chi connectivity index (χ0v) is 24.6. The molecular weight excluding hydrogens is 540 g/mol. The molecular formula is C33H52O9. The molecule has 0 aromatic carbocycles. The summed E-state index contributed by atoms with van der Waals surface area (Å²) >= 11 is 0. The number of hydrogen-bond donors (Lipinski definition) is 6. The molecule has 3 saturated carbocycles. The molecule has 4 rings (SSSR count). The Labute approximate surface area is 258 Å². The van der Waals surface area contributed by atoms with Gasteiger partial charge >= 0.3 is 5.97 Å². The summed E-state index contributed by atoms with van der Waals surface area (Å²) in [5.74, 6) is -0.857. The van der Waals surface area contributed by atoms with Crippen LogP contribution in [0, 0.1) is 23.2 Å². The van der Waals surface area contributed by atoms with E-state index in [1.54, 1.807) is 0 Å². The quantitative estimate of drug-likeness (QED) is 0.233. The Bertz CT molecular complexity index is 1230. The van der Waals surface area contributed by atoms with E-state index in [9.17, 15) is 35.4 Å². The summed E-state index contributed by atoms with van der Waals surface area (Å²) in [5.41, 5.74) is -0.0441. The van der Waals surface area contributed by atoms with Gasteiger partial charge in [0.25, 0.3) is 0 Å². The smallest absolute Gasteiger partial charge is 0.335 e. The van der Waals surface area contributed by atoms with Crippen molar-refractivity contribution in [1.82, 2.24) is 0 Å². The lowest BCUT2D eigenvalue weighted by Crippen LogP contribution is -2.60. The second-order valence-corrected chi connectivity index (χ2v) is 13.2. The molecule has 6 N–H and O–H groups in total. The Morgan fingerprint density at radius 1 is 1.17 bits per heavy atom. The molecule has 1 aliphatic heterocycles. The molecule has 0 radical (unpaired) electrons. The van der Waals surface area contributed by atoms with Gasteiger partial charge in [-0.1, -0.05) is 43.7 Å². The number of fused-ring (bicyclic) bond motifs is 1. The number of carboxylic acid groups (broad SMARTS) is 1. The zero-order valence-electron chi connectivity index (χ0n) is 30.6. The number of ether oxygens (including phenoxy) is 2. The fourth-order valence-electron chi connectivity index (χ4n) is 7.90. The van der Waals surface area contributed by atoms with Crippen molar-refractivity contribution in [1.29, 1.82) is 0 Å². The van der Waals surface area contributed by atoms with E-state index >= 15 is 0 Å². The topological polar surface area (TPSA) is 157 Å². The minimum atomic E-state index is -3.28.